The Balaban J connectivity index is 1.39. The minimum Gasteiger partial charge on any atom is -0.459 e. The molecule has 3 aromatic rings. The Hall–Kier alpha value is -3.35. The van der Waals surface area contributed by atoms with Crippen LogP contribution in [0.15, 0.2) is 59.3 Å². The van der Waals surface area contributed by atoms with Gasteiger partial charge in [0.05, 0.1) is 24.2 Å². The van der Waals surface area contributed by atoms with E-state index in [-0.39, 0.29) is 18.2 Å². The molecule has 0 aliphatic carbocycles. The molecular formula is C20H22N4O3. The van der Waals surface area contributed by atoms with Gasteiger partial charge in [0.15, 0.2) is 5.76 Å². The number of nitrogens with zero attached hydrogens (tertiary/aromatic N) is 2. The zero-order chi connectivity index (χ0) is 19.1. The quantitative estimate of drug-likeness (QED) is 0.599. The molecule has 2 amide bonds. The fourth-order valence-corrected chi connectivity index (χ4v) is 2.68. The van der Waals surface area contributed by atoms with E-state index in [2.05, 4.69) is 15.7 Å². The average molecular weight is 366 g/mol. The van der Waals surface area contributed by atoms with Crippen LogP contribution in [0, 0.1) is 6.92 Å². The van der Waals surface area contributed by atoms with Crippen LogP contribution in [0.1, 0.15) is 28.2 Å². The van der Waals surface area contributed by atoms with Gasteiger partial charge >= 0.3 is 0 Å². The summed E-state index contributed by atoms with van der Waals surface area (Å²) in [6.45, 7) is 2.44. The molecule has 2 N–H and O–H groups in total. The maximum atomic E-state index is 11.8. The number of amides is 2. The van der Waals surface area contributed by atoms with E-state index < -0.39 is 5.91 Å². The topological polar surface area (TPSA) is 89.2 Å². The molecule has 7 heteroatoms. The number of carbonyl (C=O) groups is 2. The van der Waals surface area contributed by atoms with E-state index in [1.54, 1.807) is 12.1 Å². The number of para-hydroxylation sites is 1. The summed E-state index contributed by atoms with van der Waals surface area (Å²) >= 11 is 0. The second kappa shape index (κ2) is 8.84. The number of hydrogen-bond donors (Lipinski definition) is 2. The molecule has 0 aliphatic heterocycles. The predicted octanol–water partition coefficient (Wildman–Crippen LogP) is 2.25. The highest BCUT2D eigenvalue weighted by Crippen LogP contribution is 2.13. The largest absolute Gasteiger partial charge is 0.459 e. The van der Waals surface area contributed by atoms with Crippen LogP contribution < -0.4 is 10.6 Å². The zero-order valence-corrected chi connectivity index (χ0v) is 15.1. The number of nitrogens with one attached hydrogen (secondary N) is 2. The maximum absolute atomic E-state index is 11.8. The lowest BCUT2D eigenvalue weighted by Crippen LogP contribution is -2.37. The third kappa shape index (κ3) is 5.07. The summed E-state index contributed by atoms with van der Waals surface area (Å²) in [5.74, 6) is -0.445. The summed E-state index contributed by atoms with van der Waals surface area (Å²) in [5.41, 5.74) is 3.16. The molecule has 7 nitrogen and oxygen atoms in total. The number of carbonyl (C=O) groups excluding carboxylic acids is 2. The molecule has 1 aromatic carbocycles. The molecule has 0 spiro atoms. The van der Waals surface area contributed by atoms with Crippen molar-refractivity contribution in [1.29, 1.82) is 0 Å². The molecule has 0 fully saturated rings. The fraction of sp³-hybridized carbons (Fsp3) is 0.250. The Labute approximate surface area is 157 Å². The van der Waals surface area contributed by atoms with Crippen molar-refractivity contribution in [2.45, 2.75) is 19.8 Å². The van der Waals surface area contributed by atoms with Crippen LogP contribution in [0.3, 0.4) is 0 Å². The van der Waals surface area contributed by atoms with Gasteiger partial charge in [0.2, 0.25) is 5.91 Å². The van der Waals surface area contributed by atoms with E-state index in [1.807, 2.05) is 48.1 Å². The third-order valence-corrected chi connectivity index (χ3v) is 4.12. The Morgan fingerprint density at radius 2 is 1.93 bits per heavy atom. The standard InChI is InChI=1S/C20H22N4O3/c1-15-16(14-24(23-15)17-8-3-2-4-9-17)7-5-11-21-19(25)13-22-20(26)18-10-6-12-27-18/h2-4,6,8-10,12,14H,5,7,11,13H2,1H3,(H,21,25)(H,22,26). The highest BCUT2D eigenvalue weighted by Gasteiger charge is 2.10. The Bertz CT molecular complexity index is 885. The number of rotatable bonds is 8. The summed E-state index contributed by atoms with van der Waals surface area (Å²) in [7, 11) is 0. The number of furan rings is 1. The van der Waals surface area contributed by atoms with Gasteiger partial charge in [-0.3, -0.25) is 9.59 Å². The molecule has 0 radical (unpaired) electrons. The third-order valence-electron chi connectivity index (χ3n) is 4.12. The Morgan fingerprint density at radius 1 is 1.11 bits per heavy atom. The van der Waals surface area contributed by atoms with Crippen molar-refractivity contribution >= 4 is 11.8 Å². The molecule has 27 heavy (non-hydrogen) atoms. The summed E-state index contributed by atoms with van der Waals surface area (Å²) in [6.07, 6.45) is 5.05. The molecule has 0 atom stereocenters. The number of aryl methyl sites for hydroxylation is 2. The van der Waals surface area contributed by atoms with Crippen LogP contribution in [0.4, 0.5) is 0 Å². The van der Waals surface area contributed by atoms with E-state index in [0.717, 1.165) is 29.8 Å². The first-order valence-corrected chi connectivity index (χ1v) is 8.82. The van der Waals surface area contributed by atoms with Gasteiger partial charge in [-0.25, -0.2) is 4.68 Å². The van der Waals surface area contributed by atoms with Crippen LogP contribution in [0.2, 0.25) is 0 Å². The molecule has 2 aromatic heterocycles. The van der Waals surface area contributed by atoms with Crippen molar-refractivity contribution < 1.29 is 14.0 Å². The summed E-state index contributed by atoms with van der Waals surface area (Å²) in [6, 6.07) is 13.1. The van der Waals surface area contributed by atoms with Crippen molar-refractivity contribution in [1.82, 2.24) is 20.4 Å². The van der Waals surface area contributed by atoms with Gasteiger partial charge in [0.1, 0.15) is 0 Å². The predicted molar refractivity (Wildman–Crippen MR) is 101 cm³/mol. The van der Waals surface area contributed by atoms with Crippen molar-refractivity contribution in [2.24, 2.45) is 0 Å². The molecule has 0 saturated carbocycles. The van der Waals surface area contributed by atoms with Gasteiger partial charge in [-0.2, -0.15) is 5.10 Å². The smallest absolute Gasteiger partial charge is 0.287 e. The first-order valence-electron chi connectivity index (χ1n) is 8.82. The first-order chi connectivity index (χ1) is 13.1. The van der Waals surface area contributed by atoms with Crippen LogP contribution in [0.5, 0.6) is 0 Å². The van der Waals surface area contributed by atoms with Gasteiger partial charge in [-0.15, -0.1) is 0 Å². The Morgan fingerprint density at radius 3 is 2.67 bits per heavy atom. The van der Waals surface area contributed by atoms with Crippen molar-refractivity contribution in [3.8, 4) is 5.69 Å². The normalized spacial score (nSPS) is 10.6. The highest BCUT2D eigenvalue weighted by molar-refractivity contribution is 5.94. The van der Waals surface area contributed by atoms with E-state index in [0.29, 0.717) is 6.54 Å². The molecule has 2 heterocycles. The first kappa shape index (κ1) is 18.4. The fourth-order valence-electron chi connectivity index (χ4n) is 2.68. The lowest BCUT2D eigenvalue weighted by molar-refractivity contribution is -0.120. The summed E-state index contributed by atoms with van der Waals surface area (Å²) in [4.78, 5) is 23.5. The van der Waals surface area contributed by atoms with Gasteiger partial charge < -0.3 is 15.1 Å². The minimum absolute atomic E-state index is 0.0789. The molecule has 140 valence electrons. The van der Waals surface area contributed by atoms with E-state index >= 15 is 0 Å². The van der Waals surface area contributed by atoms with E-state index in [9.17, 15) is 9.59 Å². The molecular weight excluding hydrogens is 344 g/mol. The molecule has 0 aliphatic rings. The van der Waals surface area contributed by atoms with E-state index in [4.69, 9.17) is 4.42 Å². The number of aromatic nitrogens is 2. The summed E-state index contributed by atoms with van der Waals surface area (Å²) < 4.78 is 6.84. The van der Waals surface area contributed by atoms with Gasteiger partial charge in [-0.1, -0.05) is 18.2 Å². The highest BCUT2D eigenvalue weighted by atomic mass is 16.3. The average Bonchev–Trinajstić information content (AvgIpc) is 3.34. The van der Waals surface area contributed by atoms with Crippen molar-refractivity contribution in [3.63, 3.8) is 0 Å². The maximum Gasteiger partial charge on any atom is 0.287 e. The molecule has 0 unspecified atom stereocenters. The summed E-state index contributed by atoms with van der Waals surface area (Å²) in [5, 5.41) is 9.86. The lowest BCUT2D eigenvalue weighted by Gasteiger charge is -2.06. The van der Waals surface area contributed by atoms with Crippen LogP contribution in [-0.4, -0.2) is 34.7 Å². The van der Waals surface area contributed by atoms with Gasteiger partial charge in [0, 0.05) is 12.7 Å². The van der Waals surface area contributed by atoms with Crippen molar-refractivity contribution in [2.75, 3.05) is 13.1 Å². The monoisotopic (exact) mass is 366 g/mol. The van der Waals surface area contributed by atoms with Gasteiger partial charge in [-0.05, 0) is 49.6 Å². The minimum atomic E-state index is -0.404. The number of benzene rings is 1. The van der Waals surface area contributed by atoms with Crippen LogP contribution in [0.25, 0.3) is 5.69 Å². The van der Waals surface area contributed by atoms with Crippen LogP contribution in [-0.2, 0) is 11.2 Å². The molecule has 0 saturated heterocycles. The molecule has 0 bridgehead atoms. The second-order valence-corrected chi connectivity index (χ2v) is 6.13. The SMILES string of the molecule is Cc1nn(-c2ccccc2)cc1CCCNC(=O)CNC(=O)c1ccco1. The van der Waals surface area contributed by atoms with Gasteiger partial charge in [0.25, 0.3) is 5.91 Å². The molecule has 3 rings (SSSR count). The second-order valence-electron chi connectivity index (χ2n) is 6.13. The lowest BCUT2D eigenvalue weighted by atomic mass is 10.1. The zero-order valence-electron chi connectivity index (χ0n) is 15.1. The van der Waals surface area contributed by atoms with Crippen LogP contribution >= 0.6 is 0 Å². The number of hydrogen-bond acceptors (Lipinski definition) is 4. The Kier molecular flexibility index (Phi) is 6.04. The van der Waals surface area contributed by atoms with Crippen molar-refractivity contribution in [3.05, 3.63) is 71.9 Å². The van der Waals surface area contributed by atoms with E-state index in [1.165, 1.54) is 6.26 Å².